The van der Waals surface area contributed by atoms with Gasteiger partial charge in [-0.05, 0) is 31.9 Å². The molecular weight excluding hydrogens is 280 g/mol. The Hall–Kier alpha value is -2.37. The molecule has 1 saturated carbocycles. The van der Waals surface area contributed by atoms with Crippen LogP contribution >= 0.6 is 0 Å². The Morgan fingerprint density at radius 1 is 1.27 bits per heavy atom. The first-order chi connectivity index (χ1) is 10.6. The monoisotopic (exact) mass is 300 g/mol. The number of hydrogen-bond acceptors (Lipinski definition) is 3. The van der Waals surface area contributed by atoms with Crippen molar-refractivity contribution in [3.8, 4) is 0 Å². The third-order valence-corrected chi connectivity index (χ3v) is 3.87. The van der Waals surface area contributed by atoms with Gasteiger partial charge in [-0.3, -0.25) is 9.59 Å². The number of nitrogens with one attached hydrogen (secondary N) is 2. The van der Waals surface area contributed by atoms with Gasteiger partial charge in [-0.1, -0.05) is 12.1 Å². The van der Waals surface area contributed by atoms with Crippen molar-refractivity contribution < 1.29 is 9.59 Å². The lowest BCUT2D eigenvalue weighted by molar-refractivity contribution is -0.126. The second-order valence-corrected chi connectivity index (χ2v) is 5.64. The van der Waals surface area contributed by atoms with Crippen molar-refractivity contribution in [2.24, 2.45) is 5.92 Å². The number of aromatic nitrogens is 2. The Kier molecular flexibility index (Phi) is 4.09. The van der Waals surface area contributed by atoms with Crippen molar-refractivity contribution in [1.29, 1.82) is 0 Å². The van der Waals surface area contributed by atoms with Crippen molar-refractivity contribution in [2.45, 2.75) is 26.3 Å². The maximum Gasteiger partial charge on any atom is 0.239 e. The normalized spacial score (nSPS) is 14.0. The summed E-state index contributed by atoms with van der Waals surface area (Å²) >= 11 is 0. The molecule has 6 nitrogen and oxygen atoms in total. The van der Waals surface area contributed by atoms with Crippen molar-refractivity contribution in [3.63, 3.8) is 0 Å². The molecule has 116 valence electrons. The minimum Gasteiger partial charge on any atom is -0.353 e. The van der Waals surface area contributed by atoms with E-state index in [1.54, 1.807) is 0 Å². The van der Waals surface area contributed by atoms with Crippen LogP contribution in [0.2, 0.25) is 0 Å². The van der Waals surface area contributed by atoms with Gasteiger partial charge < -0.3 is 15.2 Å². The molecule has 22 heavy (non-hydrogen) atoms. The van der Waals surface area contributed by atoms with E-state index in [1.165, 1.54) is 0 Å². The topological polar surface area (TPSA) is 76.0 Å². The summed E-state index contributed by atoms with van der Waals surface area (Å²) in [4.78, 5) is 27.7. The highest BCUT2D eigenvalue weighted by molar-refractivity contribution is 5.86. The largest absolute Gasteiger partial charge is 0.353 e. The molecule has 0 bridgehead atoms. The molecule has 1 fully saturated rings. The highest BCUT2D eigenvalue weighted by atomic mass is 16.2. The Morgan fingerprint density at radius 3 is 2.82 bits per heavy atom. The lowest BCUT2D eigenvalue weighted by atomic mass is 10.3. The minimum atomic E-state index is -0.156. The molecule has 1 aliphatic carbocycles. The molecule has 0 unspecified atom stereocenters. The van der Waals surface area contributed by atoms with Crippen LogP contribution in [0, 0.1) is 12.8 Å². The predicted octanol–water partition coefficient (Wildman–Crippen LogP) is 0.987. The average Bonchev–Trinajstić information content (AvgIpc) is 3.30. The number of rotatable bonds is 6. The summed E-state index contributed by atoms with van der Waals surface area (Å²) in [6.07, 6.45) is 1.89. The van der Waals surface area contributed by atoms with Crippen LogP contribution in [0.5, 0.6) is 0 Å². The lowest BCUT2D eigenvalue weighted by Gasteiger charge is -2.09. The molecule has 1 heterocycles. The zero-order valence-electron chi connectivity index (χ0n) is 12.6. The summed E-state index contributed by atoms with van der Waals surface area (Å²) in [6.45, 7) is 3.19. The van der Waals surface area contributed by atoms with Crippen LogP contribution in [0.1, 0.15) is 18.7 Å². The van der Waals surface area contributed by atoms with E-state index in [4.69, 9.17) is 0 Å². The molecule has 1 aromatic heterocycles. The summed E-state index contributed by atoms with van der Waals surface area (Å²) in [5, 5.41) is 5.48. The van der Waals surface area contributed by atoms with E-state index in [0.717, 1.165) is 29.7 Å². The fraction of sp³-hybridized carbons (Fsp3) is 0.438. The van der Waals surface area contributed by atoms with Crippen LogP contribution in [-0.4, -0.2) is 34.5 Å². The number of para-hydroxylation sites is 2. The summed E-state index contributed by atoms with van der Waals surface area (Å²) in [7, 11) is 0. The number of fused-ring (bicyclic) bond motifs is 1. The minimum absolute atomic E-state index is 0.00778. The molecule has 2 amide bonds. The molecule has 1 aliphatic rings. The van der Waals surface area contributed by atoms with E-state index >= 15 is 0 Å². The van der Waals surface area contributed by atoms with Crippen molar-refractivity contribution in [3.05, 3.63) is 30.1 Å². The molecule has 0 spiro atoms. The van der Waals surface area contributed by atoms with Crippen LogP contribution in [-0.2, 0) is 16.1 Å². The Balaban J connectivity index is 1.48. The van der Waals surface area contributed by atoms with Crippen LogP contribution in [0.25, 0.3) is 11.0 Å². The lowest BCUT2D eigenvalue weighted by Crippen LogP contribution is -2.38. The predicted molar refractivity (Wildman–Crippen MR) is 83.2 cm³/mol. The maximum absolute atomic E-state index is 11.7. The SMILES string of the molecule is Cc1nc2ccccc2n1CCNC(=O)CNC(=O)C1CC1. The molecule has 3 rings (SSSR count). The molecule has 6 heteroatoms. The van der Waals surface area contributed by atoms with E-state index < -0.39 is 0 Å². The van der Waals surface area contributed by atoms with E-state index in [-0.39, 0.29) is 24.3 Å². The standard InChI is InChI=1S/C16H20N4O2/c1-11-19-13-4-2-3-5-14(13)20(11)9-8-17-15(21)10-18-16(22)12-6-7-12/h2-5,12H,6-10H2,1H3,(H,17,21)(H,18,22). The molecule has 2 N–H and O–H groups in total. The maximum atomic E-state index is 11.7. The van der Waals surface area contributed by atoms with E-state index in [1.807, 2.05) is 31.2 Å². The quantitative estimate of drug-likeness (QED) is 0.835. The zero-order valence-corrected chi connectivity index (χ0v) is 12.6. The van der Waals surface area contributed by atoms with Gasteiger partial charge in [0, 0.05) is 19.0 Å². The van der Waals surface area contributed by atoms with Gasteiger partial charge >= 0.3 is 0 Å². The zero-order chi connectivity index (χ0) is 15.5. The highest BCUT2D eigenvalue weighted by Crippen LogP contribution is 2.28. The third-order valence-electron chi connectivity index (χ3n) is 3.87. The number of benzene rings is 1. The Bertz CT molecular complexity index is 703. The summed E-state index contributed by atoms with van der Waals surface area (Å²) < 4.78 is 2.08. The van der Waals surface area contributed by atoms with E-state index in [0.29, 0.717) is 13.1 Å². The fourth-order valence-corrected chi connectivity index (χ4v) is 2.51. The number of imidazole rings is 1. The number of carbonyl (C=O) groups excluding carboxylic acids is 2. The number of amides is 2. The number of nitrogens with zero attached hydrogens (tertiary/aromatic N) is 2. The molecule has 2 aromatic rings. The molecule has 1 aromatic carbocycles. The van der Waals surface area contributed by atoms with Gasteiger partial charge in [-0.25, -0.2) is 4.98 Å². The Labute approximate surface area is 128 Å². The van der Waals surface area contributed by atoms with Gasteiger partial charge in [-0.2, -0.15) is 0 Å². The highest BCUT2D eigenvalue weighted by Gasteiger charge is 2.29. The van der Waals surface area contributed by atoms with Gasteiger partial charge in [0.15, 0.2) is 0 Å². The van der Waals surface area contributed by atoms with Gasteiger partial charge in [0.05, 0.1) is 17.6 Å². The molecular formula is C16H20N4O2. The average molecular weight is 300 g/mol. The van der Waals surface area contributed by atoms with Gasteiger partial charge in [0.1, 0.15) is 5.82 Å². The number of carbonyl (C=O) groups is 2. The fourth-order valence-electron chi connectivity index (χ4n) is 2.51. The number of hydrogen-bond donors (Lipinski definition) is 2. The summed E-state index contributed by atoms with van der Waals surface area (Å²) in [6, 6.07) is 7.94. The van der Waals surface area contributed by atoms with Gasteiger partial charge in [0.2, 0.25) is 11.8 Å². The summed E-state index contributed by atoms with van der Waals surface area (Å²) in [5.41, 5.74) is 2.03. The van der Waals surface area contributed by atoms with Gasteiger partial charge in [-0.15, -0.1) is 0 Å². The van der Waals surface area contributed by atoms with Gasteiger partial charge in [0.25, 0.3) is 0 Å². The second-order valence-electron chi connectivity index (χ2n) is 5.64. The first kappa shape index (κ1) is 14.6. The second kappa shape index (κ2) is 6.17. The van der Waals surface area contributed by atoms with Crippen molar-refractivity contribution in [2.75, 3.05) is 13.1 Å². The Morgan fingerprint density at radius 2 is 2.05 bits per heavy atom. The van der Waals surface area contributed by atoms with Crippen LogP contribution in [0.15, 0.2) is 24.3 Å². The van der Waals surface area contributed by atoms with Crippen LogP contribution in [0.4, 0.5) is 0 Å². The molecule has 0 atom stereocenters. The summed E-state index contributed by atoms with van der Waals surface area (Å²) in [5.74, 6) is 0.896. The van der Waals surface area contributed by atoms with Crippen molar-refractivity contribution in [1.82, 2.24) is 20.2 Å². The number of aryl methyl sites for hydroxylation is 1. The third kappa shape index (κ3) is 3.27. The van der Waals surface area contributed by atoms with E-state index in [9.17, 15) is 9.59 Å². The molecule has 0 radical (unpaired) electrons. The van der Waals surface area contributed by atoms with Crippen LogP contribution < -0.4 is 10.6 Å². The van der Waals surface area contributed by atoms with E-state index in [2.05, 4.69) is 20.2 Å². The van der Waals surface area contributed by atoms with Crippen molar-refractivity contribution >= 4 is 22.8 Å². The first-order valence-electron chi connectivity index (χ1n) is 7.61. The smallest absolute Gasteiger partial charge is 0.239 e. The molecule has 0 saturated heterocycles. The molecule has 0 aliphatic heterocycles. The van der Waals surface area contributed by atoms with Crippen LogP contribution in [0.3, 0.4) is 0 Å². The first-order valence-corrected chi connectivity index (χ1v) is 7.61.